The lowest BCUT2D eigenvalue weighted by atomic mass is 9.88. The van der Waals surface area contributed by atoms with Crippen LogP contribution in [0.15, 0.2) is 0 Å². The molecular weight excluding hydrogens is 230 g/mol. The van der Waals surface area contributed by atoms with E-state index in [0.717, 1.165) is 5.56 Å². The molecule has 1 rings (SSSR count). The van der Waals surface area contributed by atoms with Gasteiger partial charge in [0.2, 0.25) is 0 Å². The second kappa shape index (κ2) is 5.00. The topological polar surface area (TPSA) is 70.1 Å². The lowest BCUT2D eigenvalue weighted by molar-refractivity contribution is 0.0591. The van der Waals surface area contributed by atoms with E-state index in [9.17, 15) is 4.79 Å². The van der Waals surface area contributed by atoms with E-state index >= 15 is 0 Å². The molecule has 0 fully saturated rings. The summed E-state index contributed by atoms with van der Waals surface area (Å²) in [6.45, 7) is 10.2. The number of nitrogen functional groups attached to an aromatic ring is 1. The summed E-state index contributed by atoms with van der Waals surface area (Å²) in [5.41, 5.74) is 7.24. The van der Waals surface area contributed by atoms with Gasteiger partial charge in [0.25, 0.3) is 0 Å². The number of nitrogens with two attached hydrogens (primary N) is 1. The molecule has 5 nitrogen and oxygen atoms in total. The van der Waals surface area contributed by atoms with Gasteiger partial charge >= 0.3 is 5.97 Å². The first-order valence-electron chi connectivity index (χ1n) is 6.12. The number of carbonyl (C=O) groups is 1. The molecule has 5 heteroatoms. The van der Waals surface area contributed by atoms with Crippen molar-refractivity contribution in [2.75, 3.05) is 12.8 Å². The van der Waals surface area contributed by atoms with Crippen LogP contribution in [0.3, 0.4) is 0 Å². The van der Waals surface area contributed by atoms with Gasteiger partial charge in [-0.2, -0.15) is 5.10 Å². The van der Waals surface area contributed by atoms with Gasteiger partial charge < -0.3 is 10.5 Å². The maximum absolute atomic E-state index is 11.8. The van der Waals surface area contributed by atoms with Gasteiger partial charge in [-0.15, -0.1) is 0 Å². The van der Waals surface area contributed by atoms with Crippen molar-refractivity contribution in [2.24, 2.45) is 5.41 Å². The first kappa shape index (κ1) is 14.5. The Labute approximate surface area is 108 Å². The second-order valence-corrected chi connectivity index (χ2v) is 5.98. The Kier molecular flexibility index (Phi) is 4.04. The van der Waals surface area contributed by atoms with Crippen LogP contribution in [-0.4, -0.2) is 22.9 Å². The molecule has 0 aliphatic heterocycles. The number of rotatable bonds is 3. The summed E-state index contributed by atoms with van der Waals surface area (Å²) < 4.78 is 6.44. The Morgan fingerprint density at radius 3 is 2.39 bits per heavy atom. The van der Waals surface area contributed by atoms with Crippen LogP contribution in [0.4, 0.5) is 5.82 Å². The minimum absolute atomic E-state index is 0.0295. The number of esters is 1. The van der Waals surface area contributed by atoms with Crippen molar-refractivity contribution in [1.82, 2.24) is 9.78 Å². The van der Waals surface area contributed by atoms with Gasteiger partial charge in [0.05, 0.1) is 7.11 Å². The average Bonchev–Trinajstić information content (AvgIpc) is 2.54. The second-order valence-electron chi connectivity index (χ2n) is 5.98. The smallest absolute Gasteiger partial charge is 0.358 e. The molecule has 18 heavy (non-hydrogen) atoms. The Bertz CT molecular complexity index is 442. The van der Waals surface area contributed by atoms with Crippen LogP contribution in [0.25, 0.3) is 0 Å². The van der Waals surface area contributed by atoms with Crippen molar-refractivity contribution in [3.8, 4) is 0 Å². The lowest BCUT2D eigenvalue weighted by Gasteiger charge is -2.18. The summed E-state index contributed by atoms with van der Waals surface area (Å²) in [7, 11) is 1.35. The quantitative estimate of drug-likeness (QED) is 0.840. The van der Waals surface area contributed by atoms with E-state index in [1.54, 1.807) is 4.68 Å². The van der Waals surface area contributed by atoms with Crippen molar-refractivity contribution in [3.63, 3.8) is 0 Å². The minimum atomic E-state index is -0.430. The van der Waals surface area contributed by atoms with Gasteiger partial charge in [0.15, 0.2) is 5.69 Å². The fourth-order valence-corrected chi connectivity index (χ4v) is 1.84. The maximum Gasteiger partial charge on any atom is 0.358 e. The molecule has 0 atom stereocenters. The van der Waals surface area contributed by atoms with Crippen LogP contribution in [-0.2, 0) is 11.2 Å². The number of carbonyl (C=O) groups excluding carboxylic acids is 1. The summed E-state index contributed by atoms with van der Waals surface area (Å²) in [4.78, 5) is 11.8. The molecule has 1 aromatic heterocycles. The van der Waals surface area contributed by atoms with E-state index in [0.29, 0.717) is 17.9 Å². The van der Waals surface area contributed by atoms with Crippen LogP contribution in [0, 0.1) is 5.41 Å². The number of hydrogen-bond acceptors (Lipinski definition) is 4. The van der Waals surface area contributed by atoms with Crippen LogP contribution < -0.4 is 5.73 Å². The SMILES string of the molecule is COC(=O)c1nn(C(C)C)c(N)c1CC(C)(C)C. The van der Waals surface area contributed by atoms with Gasteiger partial charge in [-0.25, -0.2) is 9.48 Å². The molecule has 0 amide bonds. The van der Waals surface area contributed by atoms with Gasteiger partial charge in [0.1, 0.15) is 5.82 Å². The number of methoxy groups -OCH3 is 1. The zero-order valence-corrected chi connectivity index (χ0v) is 12.1. The van der Waals surface area contributed by atoms with Crippen molar-refractivity contribution in [1.29, 1.82) is 0 Å². The van der Waals surface area contributed by atoms with Crippen LogP contribution in [0.1, 0.15) is 56.7 Å². The molecule has 0 saturated heterocycles. The number of aromatic nitrogens is 2. The van der Waals surface area contributed by atoms with Crippen LogP contribution >= 0.6 is 0 Å². The molecule has 0 aliphatic rings. The molecule has 2 N–H and O–H groups in total. The predicted octanol–water partition coefficient (Wildman–Crippen LogP) is 2.42. The van der Waals surface area contributed by atoms with Crippen molar-refractivity contribution < 1.29 is 9.53 Å². The van der Waals surface area contributed by atoms with Gasteiger partial charge in [-0.05, 0) is 25.7 Å². The third-order valence-electron chi connectivity index (χ3n) is 2.62. The normalized spacial score (nSPS) is 11.9. The fourth-order valence-electron chi connectivity index (χ4n) is 1.84. The summed E-state index contributed by atoms with van der Waals surface area (Å²) >= 11 is 0. The third kappa shape index (κ3) is 3.03. The molecular formula is C13H23N3O2. The summed E-state index contributed by atoms with van der Waals surface area (Å²) in [6, 6.07) is 0.113. The Morgan fingerprint density at radius 2 is 2.00 bits per heavy atom. The highest BCUT2D eigenvalue weighted by molar-refractivity contribution is 5.90. The standard InChI is InChI=1S/C13H23N3O2/c1-8(2)16-11(14)9(7-13(3,4)5)10(15-16)12(17)18-6/h8H,7,14H2,1-6H3. The summed E-state index contributed by atoms with van der Waals surface area (Å²) in [6.07, 6.45) is 0.690. The molecule has 0 bridgehead atoms. The molecule has 0 aliphatic carbocycles. The zero-order valence-electron chi connectivity index (χ0n) is 12.1. The Morgan fingerprint density at radius 1 is 1.44 bits per heavy atom. The highest BCUT2D eigenvalue weighted by Gasteiger charge is 2.26. The van der Waals surface area contributed by atoms with E-state index in [-0.39, 0.29) is 11.5 Å². The molecule has 0 radical (unpaired) electrons. The monoisotopic (exact) mass is 253 g/mol. The van der Waals surface area contributed by atoms with Gasteiger partial charge in [0, 0.05) is 11.6 Å². The zero-order chi connectivity index (χ0) is 14.1. The first-order chi connectivity index (χ1) is 8.17. The van der Waals surface area contributed by atoms with Crippen LogP contribution in [0.5, 0.6) is 0 Å². The molecule has 102 valence electrons. The molecule has 0 unspecified atom stereocenters. The van der Waals surface area contributed by atoms with E-state index in [1.165, 1.54) is 7.11 Å². The van der Waals surface area contributed by atoms with E-state index in [4.69, 9.17) is 10.5 Å². The highest BCUT2D eigenvalue weighted by Crippen LogP contribution is 2.29. The number of hydrogen-bond donors (Lipinski definition) is 1. The molecule has 1 aromatic rings. The average molecular weight is 253 g/mol. The van der Waals surface area contributed by atoms with Gasteiger partial charge in [-0.1, -0.05) is 20.8 Å². The highest BCUT2D eigenvalue weighted by atomic mass is 16.5. The number of nitrogens with zero attached hydrogens (tertiary/aromatic N) is 2. The largest absolute Gasteiger partial charge is 0.464 e. The Balaban J connectivity index is 3.31. The third-order valence-corrected chi connectivity index (χ3v) is 2.62. The maximum atomic E-state index is 11.8. The first-order valence-corrected chi connectivity index (χ1v) is 6.12. The van der Waals surface area contributed by atoms with Crippen molar-refractivity contribution in [2.45, 2.75) is 47.1 Å². The van der Waals surface area contributed by atoms with E-state index < -0.39 is 5.97 Å². The molecule has 0 saturated carbocycles. The number of ether oxygens (including phenoxy) is 1. The molecule has 0 spiro atoms. The van der Waals surface area contributed by atoms with E-state index in [2.05, 4.69) is 25.9 Å². The predicted molar refractivity (Wildman–Crippen MR) is 71.5 cm³/mol. The Hall–Kier alpha value is -1.52. The van der Waals surface area contributed by atoms with E-state index in [1.807, 2.05) is 13.8 Å². The van der Waals surface area contributed by atoms with Gasteiger partial charge in [-0.3, -0.25) is 0 Å². The fraction of sp³-hybridized carbons (Fsp3) is 0.692. The summed E-state index contributed by atoms with van der Waals surface area (Å²) in [5, 5.41) is 4.28. The van der Waals surface area contributed by atoms with Crippen LogP contribution in [0.2, 0.25) is 0 Å². The lowest BCUT2D eigenvalue weighted by Crippen LogP contribution is -2.14. The summed E-state index contributed by atoms with van der Waals surface area (Å²) in [5.74, 6) is 0.126. The number of anilines is 1. The molecule has 1 heterocycles. The van der Waals surface area contributed by atoms with Crippen molar-refractivity contribution >= 4 is 11.8 Å². The van der Waals surface area contributed by atoms with Crippen molar-refractivity contribution in [3.05, 3.63) is 11.3 Å². The molecule has 0 aromatic carbocycles. The minimum Gasteiger partial charge on any atom is -0.464 e.